The van der Waals surface area contributed by atoms with Crippen LogP contribution in [-0.4, -0.2) is 4.98 Å². The van der Waals surface area contributed by atoms with Crippen LogP contribution in [-0.2, 0) is 12.8 Å². The summed E-state index contributed by atoms with van der Waals surface area (Å²) in [6, 6.07) is 24.4. The van der Waals surface area contributed by atoms with Gasteiger partial charge in [0.1, 0.15) is 0 Å². The van der Waals surface area contributed by atoms with Crippen molar-refractivity contribution in [1.29, 1.82) is 0 Å². The molecular weight excluding hydrogens is 302 g/mol. The number of rotatable bonds is 4. The Bertz CT molecular complexity index is 907. The summed E-state index contributed by atoms with van der Waals surface area (Å²) in [6.45, 7) is 4.26. The van der Waals surface area contributed by atoms with Crippen LogP contribution >= 0.6 is 0 Å². The number of aromatic nitrogens is 1. The van der Waals surface area contributed by atoms with E-state index < -0.39 is 0 Å². The van der Waals surface area contributed by atoms with E-state index >= 15 is 0 Å². The van der Waals surface area contributed by atoms with E-state index in [0.717, 1.165) is 12.8 Å². The van der Waals surface area contributed by atoms with Crippen molar-refractivity contribution in [1.82, 2.24) is 4.98 Å². The lowest BCUT2D eigenvalue weighted by atomic mass is 9.96. The number of nitrogens with one attached hydrogen (secondary N) is 1. The molecule has 0 fully saturated rings. The van der Waals surface area contributed by atoms with Gasteiger partial charge in [0.25, 0.3) is 0 Å². The highest BCUT2D eigenvalue weighted by Crippen LogP contribution is 2.26. The Hall–Kier alpha value is -2.80. The second kappa shape index (κ2) is 6.60. The van der Waals surface area contributed by atoms with Gasteiger partial charge in [0.2, 0.25) is 0 Å². The molecule has 25 heavy (non-hydrogen) atoms. The third kappa shape index (κ3) is 3.36. The minimum Gasteiger partial charge on any atom is -0.361 e. The molecular formula is C24H23N. The molecule has 1 heterocycles. The zero-order chi connectivity index (χ0) is 17.2. The van der Waals surface area contributed by atoms with Crippen LogP contribution in [0.1, 0.15) is 33.4 Å². The Morgan fingerprint density at radius 1 is 0.600 bits per heavy atom. The predicted octanol–water partition coefficient (Wildman–Crippen LogP) is 5.97. The average Bonchev–Trinajstić information content (AvgIpc) is 3.11. The van der Waals surface area contributed by atoms with Crippen LogP contribution in [0.15, 0.2) is 72.9 Å². The molecule has 4 rings (SSSR count). The van der Waals surface area contributed by atoms with Gasteiger partial charge in [0.05, 0.1) is 0 Å². The van der Waals surface area contributed by atoms with Crippen LogP contribution in [0.4, 0.5) is 0 Å². The smallest absolute Gasteiger partial charge is 0.0492 e. The third-order valence-corrected chi connectivity index (χ3v) is 4.93. The van der Waals surface area contributed by atoms with Crippen molar-refractivity contribution in [3.8, 4) is 0 Å². The standard InChI is InChI=1S/C24H23N/c1-17-3-7-19(8-4-17)15-21-11-12-22(24-23(21)13-14-25-24)16-20-9-5-18(2)6-10-20/h3-14,25H,15-16H2,1-2H3. The molecule has 124 valence electrons. The molecule has 0 aliphatic rings. The second-order valence-corrected chi connectivity index (χ2v) is 6.97. The van der Waals surface area contributed by atoms with Crippen molar-refractivity contribution in [3.05, 3.63) is 106 Å². The van der Waals surface area contributed by atoms with E-state index in [1.807, 2.05) is 0 Å². The summed E-state index contributed by atoms with van der Waals surface area (Å²) in [5.41, 5.74) is 9.34. The van der Waals surface area contributed by atoms with Crippen LogP contribution in [0.2, 0.25) is 0 Å². The first-order valence-electron chi connectivity index (χ1n) is 8.88. The van der Waals surface area contributed by atoms with Gasteiger partial charge >= 0.3 is 0 Å². The number of aromatic amines is 1. The van der Waals surface area contributed by atoms with Crippen LogP contribution in [0.25, 0.3) is 10.9 Å². The topological polar surface area (TPSA) is 15.8 Å². The summed E-state index contributed by atoms with van der Waals surface area (Å²) in [5, 5.41) is 1.34. The first kappa shape index (κ1) is 15.7. The van der Waals surface area contributed by atoms with E-state index in [0.29, 0.717) is 0 Å². The monoisotopic (exact) mass is 325 g/mol. The van der Waals surface area contributed by atoms with E-state index in [2.05, 4.69) is 91.8 Å². The molecule has 1 nitrogen and oxygen atoms in total. The normalized spacial score (nSPS) is 11.1. The Morgan fingerprint density at radius 3 is 1.72 bits per heavy atom. The van der Waals surface area contributed by atoms with Gasteiger partial charge in [0, 0.05) is 17.1 Å². The molecule has 0 amide bonds. The minimum atomic E-state index is 0.960. The quantitative estimate of drug-likeness (QED) is 0.476. The van der Waals surface area contributed by atoms with Gasteiger partial charge in [-0.3, -0.25) is 0 Å². The van der Waals surface area contributed by atoms with Crippen molar-refractivity contribution in [2.24, 2.45) is 0 Å². The molecule has 1 aromatic heterocycles. The van der Waals surface area contributed by atoms with Crippen molar-refractivity contribution in [2.45, 2.75) is 26.7 Å². The summed E-state index contributed by atoms with van der Waals surface area (Å²) >= 11 is 0. The highest BCUT2D eigenvalue weighted by atomic mass is 14.7. The predicted molar refractivity (Wildman–Crippen MR) is 106 cm³/mol. The molecule has 1 heteroatoms. The Kier molecular flexibility index (Phi) is 4.15. The van der Waals surface area contributed by atoms with Crippen molar-refractivity contribution in [2.75, 3.05) is 0 Å². The van der Waals surface area contributed by atoms with Gasteiger partial charge in [-0.15, -0.1) is 0 Å². The Morgan fingerprint density at radius 2 is 1.12 bits per heavy atom. The van der Waals surface area contributed by atoms with Gasteiger partial charge in [-0.2, -0.15) is 0 Å². The van der Waals surface area contributed by atoms with Crippen LogP contribution in [0.5, 0.6) is 0 Å². The van der Waals surface area contributed by atoms with Crippen LogP contribution in [0, 0.1) is 13.8 Å². The summed E-state index contributed by atoms with van der Waals surface area (Å²) in [7, 11) is 0. The van der Waals surface area contributed by atoms with Gasteiger partial charge in [-0.05, 0) is 55.0 Å². The first-order chi connectivity index (χ1) is 12.2. The zero-order valence-corrected chi connectivity index (χ0v) is 14.8. The lowest BCUT2D eigenvalue weighted by molar-refractivity contribution is 1.17. The summed E-state index contributed by atoms with van der Waals surface area (Å²) in [4.78, 5) is 3.46. The number of fused-ring (bicyclic) bond motifs is 1. The molecule has 4 aromatic rings. The van der Waals surface area contributed by atoms with Crippen molar-refractivity contribution in [3.63, 3.8) is 0 Å². The molecule has 0 aliphatic carbocycles. The molecule has 0 bridgehead atoms. The largest absolute Gasteiger partial charge is 0.361 e. The van der Waals surface area contributed by atoms with Crippen molar-refractivity contribution < 1.29 is 0 Å². The van der Waals surface area contributed by atoms with E-state index in [1.54, 1.807) is 0 Å². The fraction of sp³-hybridized carbons (Fsp3) is 0.167. The molecule has 0 spiro atoms. The fourth-order valence-electron chi connectivity index (χ4n) is 3.43. The number of benzene rings is 3. The maximum Gasteiger partial charge on any atom is 0.0492 e. The SMILES string of the molecule is Cc1ccc(Cc2ccc(Cc3ccc(C)cc3)c3[nH]ccc23)cc1. The molecule has 0 unspecified atom stereocenters. The van der Waals surface area contributed by atoms with Crippen LogP contribution in [0.3, 0.4) is 0 Å². The third-order valence-electron chi connectivity index (χ3n) is 4.93. The minimum absolute atomic E-state index is 0.960. The lowest BCUT2D eigenvalue weighted by Crippen LogP contribution is -1.94. The number of hydrogen-bond donors (Lipinski definition) is 1. The average molecular weight is 325 g/mol. The highest BCUT2D eigenvalue weighted by molar-refractivity contribution is 5.86. The van der Waals surface area contributed by atoms with Gasteiger partial charge < -0.3 is 4.98 Å². The maximum absolute atomic E-state index is 3.46. The first-order valence-corrected chi connectivity index (χ1v) is 8.88. The van der Waals surface area contributed by atoms with E-state index in [4.69, 9.17) is 0 Å². The summed E-state index contributed by atoms with van der Waals surface area (Å²) in [6.07, 6.45) is 3.99. The van der Waals surface area contributed by atoms with Gasteiger partial charge in [-0.1, -0.05) is 71.8 Å². The highest BCUT2D eigenvalue weighted by Gasteiger charge is 2.09. The van der Waals surface area contributed by atoms with E-state index in [9.17, 15) is 0 Å². The summed E-state index contributed by atoms with van der Waals surface area (Å²) < 4.78 is 0. The van der Waals surface area contributed by atoms with Crippen LogP contribution < -0.4 is 0 Å². The zero-order valence-electron chi connectivity index (χ0n) is 14.8. The molecule has 1 N–H and O–H groups in total. The van der Waals surface area contributed by atoms with Crippen molar-refractivity contribution >= 4 is 10.9 Å². The van der Waals surface area contributed by atoms with Gasteiger partial charge in [0.15, 0.2) is 0 Å². The summed E-state index contributed by atoms with van der Waals surface area (Å²) in [5.74, 6) is 0. The van der Waals surface area contributed by atoms with E-state index in [-0.39, 0.29) is 0 Å². The molecule has 0 saturated carbocycles. The van der Waals surface area contributed by atoms with Gasteiger partial charge in [-0.25, -0.2) is 0 Å². The maximum atomic E-state index is 3.46. The second-order valence-electron chi connectivity index (χ2n) is 6.97. The molecule has 0 radical (unpaired) electrons. The molecule has 0 aliphatic heterocycles. The number of hydrogen-bond acceptors (Lipinski definition) is 0. The fourth-order valence-corrected chi connectivity index (χ4v) is 3.43. The molecule has 0 atom stereocenters. The Labute approximate surface area is 149 Å². The Balaban J connectivity index is 1.66. The van der Waals surface area contributed by atoms with E-state index in [1.165, 1.54) is 44.3 Å². The lowest BCUT2D eigenvalue weighted by Gasteiger charge is -2.09. The molecule has 3 aromatic carbocycles. The number of H-pyrrole nitrogens is 1. The molecule has 0 saturated heterocycles. The number of aryl methyl sites for hydroxylation is 2.